The first-order valence-corrected chi connectivity index (χ1v) is 8.13. The third-order valence-corrected chi connectivity index (χ3v) is 3.97. The van der Waals surface area contributed by atoms with Crippen molar-refractivity contribution in [2.75, 3.05) is 0 Å². The molecular weight excluding hydrogens is 282 g/mol. The van der Waals surface area contributed by atoms with Gasteiger partial charge in [-0.05, 0) is 24.0 Å². The van der Waals surface area contributed by atoms with Gasteiger partial charge in [-0.2, -0.15) is 0 Å². The largest absolute Gasteiger partial charge is 0.344 e. The van der Waals surface area contributed by atoms with Crippen molar-refractivity contribution in [2.45, 2.75) is 52.6 Å². The van der Waals surface area contributed by atoms with Crippen LogP contribution in [0.15, 0.2) is 24.3 Å². The van der Waals surface area contributed by atoms with E-state index in [2.05, 4.69) is 53.4 Å². The first kappa shape index (κ1) is 16.1. The third kappa shape index (κ3) is 4.58. The molecule has 0 aliphatic carbocycles. The normalized spacial score (nSPS) is 11.0. The van der Waals surface area contributed by atoms with Crippen molar-refractivity contribution < 1.29 is 0 Å². The number of nitrogens with zero attached hydrogens (tertiary/aromatic N) is 1. The number of rotatable bonds is 8. The molecule has 0 spiro atoms. The Morgan fingerprint density at radius 3 is 2.62 bits per heavy atom. The van der Waals surface area contributed by atoms with Crippen molar-refractivity contribution in [1.82, 2.24) is 15.3 Å². The van der Waals surface area contributed by atoms with Gasteiger partial charge in [-0.1, -0.05) is 56.1 Å². The van der Waals surface area contributed by atoms with E-state index in [9.17, 15) is 0 Å². The number of nitrogens with one attached hydrogen (secondary N) is 2. The van der Waals surface area contributed by atoms with Crippen LogP contribution in [0.5, 0.6) is 0 Å². The number of unbranched alkanes of at least 4 members (excludes halogenated alkanes) is 1. The summed E-state index contributed by atoms with van der Waals surface area (Å²) in [5, 5.41) is 4.04. The highest BCUT2D eigenvalue weighted by atomic mass is 35.5. The van der Waals surface area contributed by atoms with Gasteiger partial charge in [0.2, 0.25) is 0 Å². The average Bonchev–Trinajstić information content (AvgIpc) is 2.86. The molecule has 1 heterocycles. The summed E-state index contributed by atoms with van der Waals surface area (Å²) in [6, 6.07) is 8.53. The molecule has 2 rings (SSSR count). The molecule has 0 aliphatic heterocycles. The number of imidazole rings is 1. The van der Waals surface area contributed by atoms with Crippen molar-refractivity contribution in [3.63, 3.8) is 0 Å². The zero-order valence-electron chi connectivity index (χ0n) is 12.9. The lowest BCUT2D eigenvalue weighted by Crippen LogP contribution is -2.14. The average molecular weight is 306 g/mol. The predicted molar refractivity (Wildman–Crippen MR) is 88.6 cm³/mol. The predicted octanol–water partition coefficient (Wildman–Crippen LogP) is 4.26. The molecule has 0 aliphatic rings. The van der Waals surface area contributed by atoms with Crippen LogP contribution in [-0.4, -0.2) is 9.97 Å². The number of aryl methyl sites for hydroxylation is 2. The molecule has 1 aromatic carbocycles. The van der Waals surface area contributed by atoms with Crippen LogP contribution in [0, 0.1) is 0 Å². The number of hydrogen-bond donors (Lipinski definition) is 2. The molecule has 2 aromatic rings. The topological polar surface area (TPSA) is 40.7 Å². The first-order valence-electron chi connectivity index (χ1n) is 7.75. The molecule has 4 heteroatoms. The van der Waals surface area contributed by atoms with Crippen molar-refractivity contribution in [1.29, 1.82) is 0 Å². The summed E-state index contributed by atoms with van der Waals surface area (Å²) < 4.78 is 0. The van der Waals surface area contributed by atoms with Crippen molar-refractivity contribution in [2.24, 2.45) is 0 Å². The summed E-state index contributed by atoms with van der Waals surface area (Å²) >= 11 is 6.18. The number of aromatic amines is 1. The van der Waals surface area contributed by atoms with Crippen molar-refractivity contribution in [3.05, 3.63) is 52.1 Å². The summed E-state index contributed by atoms with van der Waals surface area (Å²) in [5.41, 5.74) is 3.72. The Bertz CT molecular complexity index is 563. The van der Waals surface area contributed by atoms with Gasteiger partial charge in [0, 0.05) is 19.5 Å². The van der Waals surface area contributed by atoms with E-state index in [1.165, 1.54) is 17.5 Å². The molecule has 0 saturated heterocycles. The molecule has 0 saturated carbocycles. The van der Waals surface area contributed by atoms with Gasteiger partial charge < -0.3 is 10.3 Å². The van der Waals surface area contributed by atoms with Gasteiger partial charge in [-0.3, -0.25) is 0 Å². The molecule has 0 unspecified atom stereocenters. The van der Waals surface area contributed by atoms with E-state index in [4.69, 9.17) is 11.6 Å². The highest BCUT2D eigenvalue weighted by Gasteiger charge is 2.08. The number of aromatic nitrogens is 2. The highest BCUT2D eigenvalue weighted by molar-refractivity contribution is 6.30. The maximum absolute atomic E-state index is 6.18. The summed E-state index contributed by atoms with van der Waals surface area (Å²) in [6.45, 7) is 5.93. The van der Waals surface area contributed by atoms with E-state index in [1.54, 1.807) is 0 Å². The third-order valence-electron chi connectivity index (χ3n) is 3.66. The molecule has 0 atom stereocenters. The zero-order chi connectivity index (χ0) is 15.1. The van der Waals surface area contributed by atoms with Gasteiger partial charge >= 0.3 is 0 Å². The van der Waals surface area contributed by atoms with Crippen molar-refractivity contribution >= 4 is 11.6 Å². The SMILES string of the molecule is CCCCc1nc(Cl)c(CNCc2ccccc2CC)[nH]1. The Morgan fingerprint density at radius 1 is 1.14 bits per heavy atom. The summed E-state index contributed by atoms with van der Waals surface area (Å²) in [6.07, 6.45) is 4.33. The summed E-state index contributed by atoms with van der Waals surface area (Å²) in [5.74, 6) is 0.993. The molecule has 2 N–H and O–H groups in total. The quantitative estimate of drug-likeness (QED) is 0.765. The lowest BCUT2D eigenvalue weighted by molar-refractivity contribution is 0.674. The Hall–Kier alpha value is -1.32. The summed E-state index contributed by atoms with van der Waals surface area (Å²) in [4.78, 5) is 7.70. The lowest BCUT2D eigenvalue weighted by atomic mass is 10.1. The van der Waals surface area contributed by atoms with Gasteiger partial charge in [0.15, 0.2) is 5.15 Å². The molecule has 0 amide bonds. The van der Waals surface area contributed by atoms with Crippen LogP contribution in [0.3, 0.4) is 0 Å². The Kier molecular flexibility index (Phi) is 6.27. The molecule has 0 bridgehead atoms. The minimum Gasteiger partial charge on any atom is -0.344 e. The van der Waals surface area contributed by atoms with Gasteiger partial charge in [0.25, 0.3) is 0 Å². The number of halogens is 1. The summed E-state index contributed by atoms with van der Waals surface area (Å²) in [7, 11) is 0. The fourth-order valence-corrected chi connectivity index (χ4v) is 2.63. The number of benzene rings is 1. The molecular formula is C17H24ClN3. The molecule has 0 fully saturated rings. The number of H-pyrrole nitrogens is 1. The molecule has 0 radical (unpaired) electrons. The molecule has 3 nitrogen and oxygen atoms in total. The smallest absolute Gasteiger partial charge is 0.151 e. The van der Waals surface area contributed by atoms with Crippen LogP contribution < -0.4 is 5.32 Å². The van der Waals surface area contributed by atoms with E-state index < -0.39 is 0 Å². The number of hydrogen-bond acceptors (Lipinski definition) is 2. The second-order valence-corrected chi connectivity index (χ2v) is 5.64. The fourth-order valence-electron chi connectivity index (χ4n) is 2.42. The van der Waals surface area contributed by atoms with E-state index in [-0.39, 0.29) is 0 Å². The van der Waals surface area contributed by atoms with Crippen LogP contribution in [-0.2, 0) is 25.9 Å². The standard InChI is InChI=1S/C17H24ClN3/c1-3-5-10-16-20-15(17(18)21-16)12-19-11-14-9-7-6-8-13(14)4-2/h6-9,19H,3-5,10-12H2,1-2H3,(H,20,21). The minimum absolute atomic E-state index is 0.595. The second kappa shape index (κ2) is 8.20. The Morgan fingerprint density at radius 2 is 1.90 bits per heavy atom. The second-order valence-electron chi connectivity index (χ2n) is 5.28. The minimum atomic E-state index is 0.595. The van der Waals surface area contributed by atoms with Crippen LogP contribution >= 0.6 is 11.6 Å². The maximum atomic E-state index is 6.18. The molecule has 114 valence electrons. The van der Waals surface area contributed by atoms with Gasteiger partial charge in [-0.15, -0.1) is 0 Å². The Labute approximate surface area is 132 Å². The lowest BCUT2D eigenvalue weighted by Gasteiger charge is -2.08. The highest BCUT2D eigenvalue weighted by Crippen LogP contribution is 2.15. The van der Waals surface area contributed by atoms with Gasteiger partial charge in [-0.25, -0.2) is 4.98 Å². The molecule has 21 heavy (non-hydrogen) atoms. The van der Waals surface area contributed by atoms with E-state index in [1.807, 2.05) is 0 Å². The fraction of sp³-hybridized carbons (Fsp3) is 0.471. The van der Waals surface area contributed by atoms with E-state index in [0.29, 0.717) is 5.15 Å². The van der Waals surface area contributed by atoms with Crippen LogP contribution in [0.25, 0.3) is 0 Å². The zero-order valence-corrected chi connectivity index (χ0v) is 13.6. The van der Waals surface area contributed by atoms with E-state index >= 15 is 0 Å². The van der Waals surface area contributed by atoms with Crippen LogP contribution in [0.1, 0.15) is 49.3 Å². The van der Waals surface area contributed by atoms with Crippen molar-refractivity contribution in [3.8, 4) is 0 Å². The maximum Gasteiger partial charge on any atom is 0.151 e. The van der Waals surface area contributed by atoms with Gasteiger partial charge in [0.1, 0.15) is 5.82 Å². The monoisotopic (exact) mass is 305 g/mol. The van der Waals surface area contributed by atoms with E-state index in [0.717, 1.165) is 43.9 Å². The van der Waals surface area contributed by atoms with Crippen LogP contribution in [0.4, 0.5) is 0 Å². The van der Waals surface area contributed by atoms with Crippen LogP contribution in [0.2, 0.25) is 5.15 Å². The molecule has 1 aromatic heterocycles. The first-order chi connectivity index (χ1) is 10.2. The Balaban J connectivity index is 1.89. The van der Waals surface area contributed by atoms with Gasteiger partial charge in [0.05, 0.1) is 5.69 Å².